The van der Waals surface area contributed by atoms with Crippen LogP contribution in [0.1, 0.15) is 23.0 Å². The summed E-state index contributed by atoms with van der Waals surface area (Å²) in [6.07, 6.45) is 1.56. The molecule has 2 aromatic heterocycles. The Kier molecular flexibility index (Phi) is 4.00. The van der Waals surface area contributed by atoms with Gasteiger partial charge in [0.2, 0.25) is 13.7 Å². The summed E-state index contributed by atoms with van der Waals surface area (Å²) in [7, 11) is -2.04. The molecule has 0 spiro atoms. The molecule has 112 valence electrons. The van der Waals surface area contributed by atoms with Crippen LogP contribution in [0.25, 0.3) is 11.0 Å². The van der Waals surface area contributed by atoms with Crippen LogP contribution in [0, 0.1) is 6.92 Å². The van der Waals surface area contributed by atoms with Crippen molar-refractivity contribution < 1.29 is 9.22 Å². The molecule has 0 fully saturated rings. The predicted octanol–water partition coefficient (Wildman–Crippen LogP) is 2.72. The van der Waals surface area contributed by atoms with E-state index in [0.29, 0.717) is 17.6 Å². The topological polar surface area (TPSA) is 61.2 Å². The Balaban J connectivity index is 2.67. The van der Waals surface area contributed by atoms with Gasteiger partial charge in [-0.05, 0) is 45.6 Å². The molecular weight excluding hydrogens is 284 g/mol. The highest BCUT2D eigenvalue weighted by molar-refractivity contribution is 6.71. The van der Waals surface area contributed by atoms with Gasteiger partial charge in [0.05, 0.1) is 5.39 Å². The van der Waals surface area contributed by atoms with Gasteiger partial charge in [0, 0.05) is 18.4 Å². The van der Waals surface area contributed by atoms with Crippen molar-refractivity contribution in [2.24, 2.45) is 0 Å². The number of fused-ring (bicyclic) bond motifs is 1. The van der Waals surface area contributed by atoms with Gasteiger partial charge in [-0.1, -0.05) is 0 Å². The molecule has 0 aliphatic heterocycles. The molecule has 2 aromatic rings. The second-order valence-corrected chi connectivity index (χ2v) is 10.4. The Bertz CT molecular complexity index is 760. The van der Waals surface area contributed by atoms with Gasteiger partial charge in [0.15, 0.2) is 0 Å². The molecular formula is C15H20N2O3Si. The minimum atomic E-state index is -2.04. The van der Waals surface area contributed by atoms with E-state index in [2.05, 4.69) is 4.98 Å². The molecule has 0 aliphatic rings. The largest absolute Gasteiger partial charge is 0.516 e. The van der Waals surface area contributed by atoms with Gasteiger partial charge in [0.1, 0.15) is 11.2 Å². The molecule has 5 nitrogen and oxygen atoms in total. The van der Waals surface area contributed by atoms with E-state index in [1.165, 1.54) is 0 Å². The molecule has 0 aliphatic carbocycles. The van der Waals surface area contributed by atoms with Gasteiger partial charge >= 0.3 is 5.97 Å². The third-order valence-electron chi connectivity index (χ3n) is 3.02. The third kappa shape index (κ3) is 3.21. The molecule has 0 saturated heterocycles. The van der Waals surface area contributed by atoms with Crippen molar-refractivity contribution in [3.8, 4) is 0 Å². The van der Waals surface area contributed by atoms with Gasteiger partial charge in [-0.3, -0.25) is 4.79 Å². The van der Waals surface area contributed by atoms with Crippen molar-refractivity contribution in [3.63, 3.8) is 0 Å². The lowest BCUT2D eigenvalue weighted by Gasteiger charge is -2.18. The van der Waals surface area contributed by atoms with Crippen LogP contribution in [-0.2, 0) is 11.0 Å². The van der Waals surface area contributed by atoms with E-state index in [0.717, 1.165) is 5.69 Å². The maximum atomic E-state index is 12.5. The van der Waals surface area contributed by atoms with Gasteiger partial charge in [-0.15, -0.1) is 0 Å². The lowest BCUT2D eigenvalue weighted by Crippen LogP contribution is -2.32. The number of hydrogen-bond acceptors (Lipinski definition) is 4. The summed E-state index contributed by atoms with van der Waals surface area (Å²) >= 11 is 0. The lowest BCUT2D eigenvalue weighted by atomic mass is 10.2. The van der Waals surface area contributed by atoms with Gasteiger partial charge < -0.3 is 8.99 Å². The quantitative estimate of drug-likeness (QED) is 0.818. The highest BCUT2D eigenvalue weighted by Crippen LogP contribution is 2.13. The zero-order valence-corrected chi connectivity index (χ0v) is 14.1. The van der Waals surface area contributed by atoms with E-state index in [9.17, 15) is 9.59 Å². The SMILES string of the molecule is CCn1cc(C(=O)O[Si](C)(C)C)c(=O)c2ccc(C)nc21. The fraction of sp³-hybridized carbons (Fsp3) is 0.400. The van der Waals surface area contributed by atoms with E-state index in [1.807, 2.05) is 38.1 Å². The Morgan fingerprint density at radius 2 is 2.00 bits per heavy atom. The summed E-state index contributed by atoms with van der Waals surface area (Å²) < 4.78 is 7.25. The van der Waals surface area contributed by atoms with Gasteiger partial charge in [-0.25, -0.2) is 9.78 Å². The zero-order valence-electron chi connectivity index (χ0n) is 13.1. The smallest absolute Gasteiger partial charge is 0.330 e. The molecule has 0 bridgehead atoms. The van der Waals surface area contributed by atoms with Crippen molar-refractivity contribution in [3.05, 3.63) is 39.8 Å². The predicted molar refractivity (Wildman–Crippen MR) is 85.2 cm³/mol. The van der Waals surface area contributed by atoms with Crippen LogP contribution in [0.15, 0.2) is 23.1 Å². The van der Waals surface area contributed by atoms with Crippen molar-refractivity contribution in [1.29, 1.82) is 0 Å². The first-order chi connectivity index (χ1) is 9.73. The van der Waals surface area contributed by atoms with Crippen LogP contribution < -0.4 is 5.43 Å². The fourth-order valence-electron chi connectivity index (χ4n) is 2.08. The van der Waals surface area contributed by atoms with Crippen LogP contribution in [0.2, 0.25) is 19.6 Å². The summed E-state index contributed by atoms with van der Waals surface area (Å²) in [6.45, 7) is 10.2. The maximum absolute atomic E-state index is 12.5. The third-order valence-corrected chi connectivity index (χ3v) is 3.82. The van der Waals surface area contributed by atoms with Crippen molar-refractivity contribution in [2.45, 2.75) is 40.0 Å². The van der Waals surface area contributed by atoms with E-state index < -0.39 is 14.3 Å². The minimum Gasteiger partial charge on any atom is -0.516 e. The van der Waals surface area contributed by atoms with Crippen molar-refractivity contribution in [2.75, 3.05) is 0 Å². The fourth-order valence-corrected chi connectivity index (χ4v) is 2.75. The van der Waals surface area contributed by atoms with Crippen molar-refractivity contribution >= 4 is 25.3 Å². The number of aryl methyl sites for hydroxylation is 2. The second-order valence-electron chi connectivity index (χ2n) is 5.98. The second kappa shape index (κ2) is 5.44. The summed E-state index contributed by atoms with van der Waals surface area (Å²) in [5.74, 6) is -0.538. The normalized spacial score (nSPS) is 11.7. The van der Waals surface area contributed by atoms with E-state index in [4.69, 9.17) is 4.43 Å². The summed E-state index contributed by atoms with van der Waals surface area (Å²) in [5.41, 5.74) is 1.21. The van der Waals surface area contributed by atoms with Gasteiger partial charge in [-0.2, -0.15) is 0 Å². The van der Waals surface area contributed by atoms with E-state index in [-0.39, 0.29) is 11.0 Å². The molecule has 21 heavy (non-hydrogen) atoms. The van der Waals surface area contributed by atoms with E-state index in [1.54, 1.807) is 18.3 Å². The molecule has 0 saturated carbocycles. The van der Waals surface area contributed by atoms with E-state index >= 15 is 0 Å². The molecule has 0 amide bonds. The van der Waals surface area contributed by atoms with Crippen molar-refractivity contribution in [1.82, 2.24) is 9.55 Å². The highest BCUT2D eigenvalue weighted by atomic mass is 28.4. The number of carbonyl (C=O) groups is 1. The summed E-state index contributed by atoms with van der Waals surface area (Å²) in [6, 6.07) is 3.49. The number of rotatable bonds is 3. The van der Waals surface area contributed by atoms with Crippen LogP contribution >= 0.6 is 0 Å². The zero-order chi connectivity index (χ0) is 15.8. The van der Waals surface area contributed by atoms with Crippen LogP contribution in [0.4, 0.5) is 0 Å². The minimum absolute atomic E-state index is 0.0810. The monoisotopic (exact) mass is 304 g/mol. The number of pyridine rings is 2. The number of carbonyl (C=O) groups excluding carboxylic acids is 1. The van der Waals surface area contributed by atoms with Crippen LogP contribution in [-0.4, -0.2) is 23.8 Å². The average molecular weight is 304 g/mol. The molecule has 2 rings (SSSR count). The molecule has 0 atom stereocenters. The highest BCUT2D eigenvalue weighted by Gasteiger charge is 2.24. The first kappa shape index (κ1) is 15.4. The molecule has 2 heterocycles. The Hall–Kier alpha value is -1.95. The number of hydrogen-bond donors (Lipinski definition) is 0. The first-order valence-electron chi connectivity index (χ1n) is 6.97. The Morgan fingerprint density at radius 3 is 2.57 bits per heavy atom. The maximum Gasteiger partial charge on any atom is 0.330 e. The average Bonchev–Trinajstić information content (AvgIpc) is 2.36. The molecule has 6 heteroatoms. The Morgan fingerprint density at radius 1 is 1.33 bits per heavy atom. The first-order valence-corrected chi connectivity index (χ1v) is 10.4. The molecule has 0 aromatic carbocycles. The number of aromatic nitrogens is 2. The van der Waals surface area contributed by atoms with Crippen LogP contribution in [0.5, 0.6) is 0 Å². The summed E-state index contributed by atoms with van der Waals surface area (Å²) in [4.78, 5) is 29.1. The lowest BCUT2D eigenvalue weighted by molar-refractivity contribution is 0.0722. The molecule has 0 N–H and O–H groups in total. The van der Waals surface area contributed by atoms with Crippen LogP contribution in [0.3, 0.4) is 0 Å². The standard InChI is InChI=1S/C15H20N2O3Si/c1-6-17-9-12(15(19)20-21(3,4)5)13(18)11-8-7-10(2)16-14(11)17/h7-9H,6H2,1-5H3. The van der Waals surface area contributed by atoms with Gasteiger partial charge in [0.25, 0.3) is 0 Å². The molecule has 0 unspecified atom stereocenters. The summed E-state index contributed by atoms with van der Waals surface area (Å²) in [5, 5.41) is 0.451. The number of nitrogens with zero attached hydrogens (tertiary/aromatic N) is 2. The Labute approximate surface area is 124 Å². The molecule has 0 radical (unpaired) electrons.